The quantitative estimate of drug-likeness (QED) is 0.545. The van der Waals surface area contributed by atoms with Crippen molar-refractivity contribution >= 4 is 11.5 Å². The van der Waals surface area contributed by atoms with Crippen molar-refractivity contribution in [3.8, 4) is 11.8 Å². The fraction of sp³-hybridized carbons (Fsp3) is 0.542. The van der Waals surface area contributed by atoms with E-state index in [4.69, 9.17) is 10.00 Å². The number of hydrogen-bond donors (Lipinski definition) is 1. The molecule has 1 aliphatic heterocycles. The first-order valence-electron chi connectivity index (χ1n) is 11.6. The fourth-order valence-corrected chi connectivity index (χ4v) is 4.26. The summed E-state index contributed by atoms with van der Waals surface area (Å²) in [6.07, 6.45) is 1.44. The van der Waals surface area contributed by atoms with Crippen LogP contribution in [-0.2, 0) is 20.5 Å². The van der Waals surface area contributed by atoms with E-state index in [2.05, 4.69) is 27.3 Å². The molecule has 0 saturated carbocycles. The van der Waals surface area contributed by atoms with Gasteiger partial charge < -0.3 is 15.0 Å². The molecule has 2 aromatic rings. The van der Waals surface area contributed by atoms with Gasteiger partial charge in [-0.1, -0.05) is 12.1 Å². The number of nitriles is 1. The molecule has 0 bridgehead atoms. The molecule has 1 fully saturated rings. The molecule has 0 unspecified atom stereocenters. The van der Waals surface area contributed by atoms with Crippen molar-refractivity contribution in [2.75, 3.05) is 56.1 Å². The van der Waals surface area contributed by atoms with Gasteiger partial charge in [0.15, 0.2) is 0 Å². The van der Waals surface area contributed by atoms with Crippen LogP contribution in [-0.4, -0.2) is 59.9 Å². The zero-order chi connectivity index (χ0) is 23.8. The van der Waals surface area contributed by atoms with Gasteiger partial charge in [0, 0.05) is 53.2 Å². The topological polar surface area (TPSA) is 95.5 Å². The van der Waals surface area contributed by atoms with Crippen molar-refractivity contribution in [3.63, 3.8) is 0 Å². The molecule has 0 amide bonds. The zero-order valence-electron chi connectivity index (χ0n) is 19.8. The predicted octanol–water partition coefficient (Wildman–Crippen LogP) is 1.56. The van der Waals surface area contributed by atoms with Crippen LogP contribution < -0.4 is 26.2 Å². The molecule has 0 aliphatic carbocycles. The molecule has 0 spiro atoms. The SMILES string of the molecule is CCOc1ccccc1N1CCN(CCCNc2c(CCC#N)c(=O)n(C)c(=O)n2C)CC1. The van der Waals surface area contributed by atoms with E-state index in [0.29, 0.717) is 31.0 Å². The lowest BCUT2D eigenvalue weighted by atomic mass is 10.1. The Labute approximate surface area is 194 Å². The Morgan fingerprint density at radius 2 is 1.82 bits per heavy atom. The van der Waals surface area contributed by atoms with E-state index in [0.717, 1.165) is 55.1 Å². The molecule has 1 aliphatic rings. The third-order valence-electron chi connectivity index (χ3n) is 6.07. The molecule has 1 saturated heterocycles. The van der Waals surface area contributed by atoms with Crippen LogP contribution in [0, 0.1) is 11.3 Å². The highest BCUT2D eigenvalue weighted by molar-refractivity contribution is 5.58. The maximum atomic E-state index is 12.5. The maximum Gasteiger partial charge on any atom is 0.332 e. The Kier molecular flexibility index (Phi) is 8.55. The number of nitrogens with one attached hydrogen (secondary N) is 1. The van der Waals surface area contributed by atoms with Crippen LogP contribution >= 0.6 is 0 Å². The summed E-state index contributed by atoms with van der Waals surface area (Å²) in [6, 6.07) is 10.3. The number of nitrogens with zero attached hydrogens (tertiary/aromatic N) is 5. The molecule has 33 heavy (non-hydrogen) atoms. The van der Waals surface area contributed by atoms with E-state index in [1.165, 1.54) is 11.6 Å². The first-order valence-corrected chi connectivity index (χ1v) is 11.6. The van der Waals surface area contributed by atoms with Gasteiger partial charge in [0.05, 0.1) is 23.9 Å². The summed E-state index contributed by atoms with van der Waals surface area (Å²) < 4.78 is 8.34. The van der Waals surface area contributed by atoms with Crippen molar-refractivity contribution in [1.29, 1.82) is 5.26 Å². The summed E-state index contributed by atoms with van der Waals surface area (Å²) >= 11 is 0. The molecule has 178 valence electrons. The Hall–Kier alpha value is -3.25. The van der Waals surface area contributed by atoms with Crippen molar-refractivity contribution in [2.45, 2.75) is 26.2 Å². The Balaban J connectivity index is 1.53. The number of piperazine rings is 1. The molecule has 0 atom stereocenters. The third kappa shape index (κ3) is 5.76. The third-order valence-corrected chi connectivity index (χ3v) is 6.07. The second-order valence-corrected chi connectivity index (χ2v) is 8.20. The summed E-state index contributed by atoms with van der Waals surface area (Å²) in [7, 11) is 3.12. The van der Waals surface area contributed by atoms with Gasteiger partial charge in [-0.15, -0.1) is 0 Å². The maximum absolute atomic E-state index is 12.5. The number of aromatic nitrogens is 2. The monoisotopic (exact) mass is 454 g/mol. The lowest BCUT2D eigenvalue weighted by molar-refractivity contribution is 0.255. The molecule has 1 N–H and O–H groups in total. The van der Waals surface area contributed by atoms with Gasteiger partial charge in [0.2, 0.25) is 0 Å². The molecule has 9 nitrogen and oxygen atoms in total. The molecular weight excluding hydrogens is 420 g/mol. The van der Waals surface area contributed by atoms with Gasteiger partial charge in [0.1, 0.15) is 11.6 Å². The number of rotatable bonds is 10. The highest BCUT2D eigenvalue weighted by atomic mass is 16.5. The average molecular weight is 455 g/mol. The Bertz CT molecular complexity index is 1090. The van der Waals surface area contributed by atoms with Gasteiger partial charge in [-0.3, -0.25) is 18.8 Å². The first kappa shape index (κ1) is 24.4. The molecular formula is C24H34N6O3. The van der Waals surface area contributed by atoms with E-state index in [9.17, 15) is 9.59 Å². The van der Waals surface area contributed by atoms with Crippen LogP contribution in [0.15, 0.2) is 33.9 Å². The van der Waals surface area contributed by atoms with Crippen LogP contribution in [0.5, 0.6) is 5.75 Å². The summed E-state index contributed by atoms with van der Waals surface area (Å²) in [6.45, 7) is 8.06. The number of benzene rings is 1. The van der Waals surface area contributed by atoms with E-state index < -0.39 is 0 Å². The molecule has 1 aromatic heterocycles. The predicted molar refractivity (Wildman–Crippen MR) is 130 cm³/mol. The number of anilines is 2. The molecule has 0 radical (unpaired) electrons. The van der Waals surface area contributed by atoms with Gasteiger partial charge in [-0.05, 0) is 38.4 Å². The average Bonchev–Trinajstić information content (AvgIpc) is 2.84. The highest BCUT2D eigenvalue weighted by Gasteiger charge is 2.20. The number of hydrogen-bond acceptors (Lipinski definition) is 7. The van der Waals surface area contributed by atoms with E-state index >= 15 is 0 Å². The van der Waals surface area contributed by atoms with Crippen molar-refractivity contribution in [2.24, 2.45) is 14.1 Å². The smallest absolute Gasteiger partial charge is 0.332 e. The Morgan fingerprint density at radius 1 is 1.09 bits per heavy atom. The van der Waals surface area contributed by atoms with Crippen LogP contribution in [0.1, 0.15) is 25.3 Å². The van der Waals surface area contributed by atoms with Crippen LogP contribution in [0.4, 0.5) is 11.5 Å². The summed E-state index contributed by atoms with van der Waals surface area (Å²) in [4.78, 5) is 29.7. The fourth-order valence-electron chi connectivity index (χ4n) is 4.26. The summed E-state index contributed by atoms with van der Waals surface area (Å²) in [5.41, 5.74) is 0.936. The highest BCUT2D eigenvalue weighted by Crippen LogP contribution is 2.28. The summed E-state index contributed by atoms with van der Waals surface area (Å²) in [5, 5.41) is 12.2. The van der Waals surface area contributed by atoms with E-state index in [1.807, 2.05) is 25.1 Å². The van der Waals surface area contributed by atoms with Crippen molar-refractivity contribution in [1.82, 2.24) is 14.0 Å². The van der Waals surface area contributed by atoms with Gasteiger partial charge in [0.25, 0.3) is 5.56 Å². The van der Waals surface area contributed by atoms with Crippen molar-refractivity contribution < 1.29 is 4.74 Å². The molecule has 3 rings (SSSR count). The minimum absolute atomic E-state index is 0.235. The van der Waals surface area contributed by atoms with Crippen LogP contribution in [0.2, 0.25) is 0 Å². The molecule has 2 heterocycles. The Morgan fingerprint density at radius 3 is 2.52 bits per heavy atom. The molecule has 1 aromatic carbocycles. The van der Waals surface area contributed by atoms with Gasteiger partial charge >= 0.3 is 5.69 Å². The number of ether oxygens (including phenoxy) is 1. The minimum atomic E-state index is -0.369. The minimum Gasteiger partial charge on any atom is -0.492 e. The van der Waals surface area contributed by atoms with E-state index in [-0.39, 0.29) is 17.7 Å². The van der Waals surface area contributed by atoms with Gasteiger partial charge in [-0.2, -0.15) is 5.26 Å². The van der Waals surface area contributed by atoms with Gasteiger partial charge in [-0.25, -0.2) is 4.79 Å². The zero-order valence-corrected chi connectivity index (χ0v) is 19.8. The lowest BCUT2D eigenvalue weighted by Crippen LogP contribution is -2.47. The largest absolute Gasteiger partial charge is 0.492 e. The summed E-state index contributed by atoms with van der Waals surface area (Å²) in [5.74, 6) is 1.46. The number of para-hydroxylation sites is 2. The molecule has 9 heteroatoms. The first-order chi connectivity index (χ1) is 16.0. The lowest BCUT2D eigenvalue weighted by Gasteiger charge is -2.36. The van der Waals surface area contributed by atoms with E-state index in [1.54, 1.807) is 7.05 Å². The second kappa shape index (κ2) is 11.6. The van der Waals surface area contributed by atoms with Crippen LogP contribution in [0.25, 0.3) is 0 Å². The van der Waals surface area contributed by atoms with Crippen LogP contribution in [0.3, 0.4) is 0 Å². The second-order valence-electron chi connectivity index (χ2n) is 8.20. The standard InChI is InChI=1S/C24H34N6O3/c1-4-33-21-11-6-5-10-20(21)30-17-15-29(16-18-30)14-8-13-26-22-19(9-7-12-25)23(31)28(3)24(32)27(22)2/h5-6,10-11,26H,4,7-9,13-18H2,1-3H3. The van der Waals surface area contributed by atoms with Crippen molar-refractivity contribution in [3.05, 3.63) is 50.7 Å². The normalized spacial score (nSPS) is 14.2.